The molecule has 18 heavy (non-hydrogen) atoms. The monoisotopic (exact) mass is 262 g/mol. The van der Waals surface area contributed by atoms with Crippen LogP contribution in [0, 0.1) is 16.7 Å². The predicted molar refractivity (Wildman–Crippen MR) is 89.3 cm³/mol. The van der Waals surface area contributed by atoms with Crippen molar-refractivity contribution in [2.45, 2.75) is 90.0 Å². The summed E-state index contributed by atoms with van der Waals surface area (Å²) < 4.78 is 0. The number of hydrogen-bond donors (Lipinski definition) is 0. The lowest BCUT2D eigenvalue weighted by Crippen LogP contribution is -1.93. The summed E-state index contributed by atoms with van der Waals surface area (Å²) in [5, 5.41) is 0. The molecule has 0 bridgehead atoms. The molecule has 0 atom stereocenters. The molecule has 1 heteroatoms. The molecule has 0 aliphatic carbocycles. The number of ketones is 1. The molecule has 0 aromatic rings. The SMILES string of the molecule is CC(C)(C)C.CC(C)(C)C.CC(C)=O.CC(C)C.[H+].[H+]. The fraction of sp³-hybridized carbons (Fsp3) is 0.941. The zero-order chi connectivity index (χ0) is 16.2. The second-order valence-corrected chi connectivity index (χ2v) is 8.64. The van der Waals surface area contributed by atoms with Crippen molar-refractivity contribution in [3.05, 3.63) is 0 Å². The Morgan fingerprint density at radius 2 is 0.722 bits per heavy atom. The van der Waals surface area contributed by atoms with E-state index in [1.54, 1.807) is 0 Å². The van der Waals surface area contributed by atoms with Gasteiger partial charge in [0.1, 0.15) is 5.78 Å². The Labute approximate surface area is 121 Å². The third kappa shape index (κ3) is 31000. The molecule has 0 aliphatic heterocycles. The van der Waals surface area contributed by atoms with E-state index in [4.69, 9.17) is 0 Å². The summed E-state index contributed by atoms with van der Waals surface area (Å²) in [7, 11) is 0. The number of rotatable bonds is 0. The molecule has 0 saturated carbocycles. The van der Waals surface area contributed by atoms with Gasteiger partial charge in [-0.3, -0.25) is 0 Å². The number of hydrogen-bond acceptors (Lipinski definition) is 1. The highest BCUT2D eigenvalue weighted by molar-refractivity contribution is 5.72. The molecule has 0 rings (SSSR count). The molecular formula is C17H42O+2. The first-order valence-electron chi connectivity index (χ1n) is 6.94. The van der Waals surface area contributed by atoms with Crippen molar-refractivity contribution in [1.82, 2.24) is 0 Å². The first-order chi connectivity index (χ1) is 7.46. The van der Waals surface area contributed by atoms with Gasteiger partial charge >= 0.3 is 2.85 Å². The average Bonchev–Trinajstić information content (AvgIpc) is 1.70. The zero-order valence-electron chi connectivity index (χ0n) is 17.5. The predicted octanol–water partition coefficient (Wildman–Crippen LogP) is 6.59. The van der Waals surface area contributed by atoms with Crippen molar-refractivity contribution in [2.24, 2.45) is 16.7 Å². The van der Waals surface area contributed by atoms with E-state index in [-0.39, 0.29) is 8.64 Å². The molecule has 0 saturated heterocycles. The van der Waals surface area contributed by atoms with E-state index in [1.807, 2.05) is 0 Å². The van der Waals surface area contributed by atoms with Gasteiger partial charge in [-0.2, -0.15) is 0 Å². The van der Waals surface area contributed by atoms with Gasteiger partial charge in [0.05, 0.1) is 0 Å². The third-order valence-corrected chi connectivity index (χ3v) is 0. The van der Waals surface area contributed by atoms with E-state index in [9.17, 15) is 4.79 Å². The van der Waals surface area contributed by atoms with Crippen LogP contribution in [0.2, 0.25) is 0 Å². The molecule has 0 aromatic carbocycles. The van der Waals surface area contributed by atoms with Gasteiger partial charge < -0.3 is 4.79 Å². The van der Waals surface area contributed by atoms with Crippen molar-refractivity contribution in [2.75, 3.05) is 0 Å². The van der Waals surface area contributed by atoms with Crippen LogP contribution in [0.3, 0.4) is 0 Å². The van der Waals surface area contributed by atoms with Crippen LogP contribution in [0.25, 0.3) is 0 Å². The topological polar surface area (TPSA) is 17.1 Å². The van der Waals surface area contributed by atoms with Crippen LogP contribution < -0.4 is 0 Å². The molecule has 0 N–H and O–H groups in total. The normalized spacial score (nSPS) is 10.1. The summed E-state index contributed by atoms with van der Waals surface area (Å²) in [5.41, 5.74) is 1.00. The lowest BCUT2D eigenvalue weighted by molar-refractivity contribution is -0.114. The fourth-order valence-electron chi connectivity index (χ4n) is 0. The van der Waals surface area contributed by atoms with Gasteiger partial charge in [0.2, 0.25) is 0 Å². The van der Waals surface area contributed by atoms with Gasteiger partial charge in [-0.1, -0.05) is 76.2 Å². The van der Waals surface area contributed by atoms with Crippen molar-refractivity contribution >= 4 is 5.78 Å². The largest absolute Gasteiger partial charge is 1.00 e. The lowest BCUT2D eigenvalue weighted by Gasteiger charge is -2.05. The van der Waals surface area contributed by atoms with Crippen molar-refractivity contribution in [1.29, 1.82) is 0 Å². The lowest BCUT2D eigenvalue weighted by atomic mass is 10.0. The second-order valence-electron chi connectivity index (χ2n) is 8.64. The Hall–Kier alpha value is -0.330. The molecule has 0 spiro atoms. The number of carbonyl (C=O) groups is 1. The van der Waals surface area contributed by atoms with E-state index in [0.29, 0.717) is 10.8 Å². The Morgan fingerprint density at radius 3 is 0.722 bits per heavy atom. The van der Waals surface area contributed by atoms with Gasteiger partial charge in [0.15, 0.2) is 0 Å². The molecule has 114 valence electrons. The minimum atomic E-state index is 0. The van der Waals surface area contributed by atoms with E-state index in [2.05, 4.69) is 76.2 Å². The van der Waals surface area contributed by atoms with Gasteiger partial charge in [-0.25, -0.2) is 0 Å². The Bertz CT molecular complexity index is 144. The summed E-state index contributed by atoms with van der Waals surface area (Å²) in [6.07, 6.45) is 0. The maximum atomic E-state index is 9.44. The van der Waals surface area contributed by atoms with Crippen LogP contribution in [0.1, 0.15) is 92.9 Å². The quantitative estimate of drug-likeness (QED) is 0.481. The summed E-state index contributed by atoms with van der Waals surface area (Å²) in [6.45, 7) is 27.1. The van der Waals surface area contributed by atoms with E-state index in [0.717, 1.165) is 5.92 Å². The van der Waals surface area contributed by atoms with Gasteiger partial charge in [-0.15, -0.1) is 0 Å². The highest BCUT2D eigenvalue weighted by Crippen LogP contribution is 2.08. The fourth-order valence-corrected chi connectivity index (χ4v) is 0. The van der Waals surface area contributed by atoms with Crippen molar-refractivity contribution < 1.29 is 7.65 Å². The molecule has 0 unspecified atom stereocenters. The minimum absolute atomic E-state index is 0. The summed E-state index contributed by atoms with van der Waals surface area (Å²) in [5.74, 6) is 1.00. The third-order valence-electron chi connectivity index (χ3n) is 0. The first kappa shape index (κ1) is 26.3. The number of carbonyl (C=O) groups excluding carboxylic acids is 1. The Balaban J connectivity index is -0.0000000318. The van der Waals surface area contributed by atoms with Crippen molar-refractivity contribution in [3.8, 4) is 0 Å². The van der Waals surface area contributed by atoms with Crippen LogP contribution in [0.4, 0.5) is 0 Å². The molecule has 0 amide bonds. The van der Waals surface area contributed by atoms with E-state index < -0.39 is 0 Å². The smallest absolute Gasteiger partial charge is 0.300 e. The summed E-state index contributed by atoms with van der Waals surface area (Å²) >= 11 is 0. The zero-order valence-corrected chi connectivity index (χ0v) is 15.5. The average molecular weight is 263 g/mol. The number of Topliss-reactive ketones (excluding diaryl/α,β-unsaturated/α-hetero) is 1. The van der Waals surface area contributed by atoms with Crippen LogP contribution in [0.5, 0.6) is 0 Å². The molecular weight excluding hydrogens is 220 g/mol. The first-order valence-corrected chi connectivity index (χ1v) is 6.94. The Morgan fingerprint density at radius 1 is 0.722 bits per heavy atom. The molecule has 0 heterocycles. The highest BCUT2D eigenvalue weighted by atomic mass is 16.1. The summed E-state index contributed by atoms with van der Waals surface area (Å²) in [6, 6.07) is 0. The van der Waals surface area contributed by atoms with Crippen LogP contribution in [0.15, 0.2) is 0 Å². The highest BCUT2D eigenvalue weighted by Gasteiger charge is 1.96. The van der Waals surface area contributed by atoms with E-state index in [1.165, 1.54) is 13.8 Å². The van der Waals surface area contributed by atoms with Gasteiger partial charge in [-0.05, 0) is 30.6 Å². The molecule has 0 aromatic heterocycles. The second kappa shape index (κ2) is 13.1. The minimum Gasteiger partial charge on any atom is -0.300 e. The van der Waals surface area contributed by atoms with Crippen LogP contribution in [-0.2, 0) is 4.79 Å². The Kier molecular flexibility index (Phi) is 19.1. The van der Waals surface area contributed by atoms with Gasteiger partial charge in [0, 0.05) is 0 Å². The molecule has 0 aliphatic rings. The van der Waals surface area contributed by atoms with Crippen LogP contribution in [-0.4, -0.2) is 5.78 Å². The molecule has 0 radical (unpaired) electrons. The van der Waals surface area contributed by atoms with Crippen LogP contribution >= 0.6 is 0 Å². The summed E-state index contributed by atoms with van der Waals surface area (Å²) in [4.78, 5) is 9.44. The molecule has 0 fully saturated rings. The molecule has 1 nitrogen and oxygen atoms in total. The van der Waals surface area contributed by atoms with Gasteiger partial charge in [0.25, 0.3) is 0 Å². The van der Waals surface area contributed by atoms with Crippen molar-refractivity contribution in [3.63, 3.8) is 0 Å². The maximum Gasteiger partial charge on any atom is 1.00 e. The van der Waals surface area contributed by atoms with E-state index >= 15 is 0 Å². The maximum absolute atomic E-state index is 9.44. The standard InChI is InChI=1S/2C5H12.C4H10.C3H6O/c2*1-5(2,3)4;1-4(2)3;1-3(2)4/h2*1-4H3;4H,1-3H3;1-2H3/p+2.